The third-order valence-electron chi connectivity index (χ3n) is 2.46. The van der Waals surface area contributed by atoms with E-state index in [1.807, 2.05) is 0 Å². The van der Waals surface area contributed by atoms with E-state index in [1.165, 1.54) is 12.1 Å². The van der Waals surface area contributed by atoms with Crippen molar-refractivity contribution in [3.8, 4) is 0 Å². The predicted molar refractivity (Wildman–Crippen MR) is 71.0 cm³/mol. The van der Waals surface area contributed by atoms with E-state index in [1.54, 1.807) is 0 Å². The Hall–Kier alpha value is -1.80. The van der Waals surface area contributed by atoms with Crippen molar-refractivity contribution < 1.29 is 27.8 Å². The minimum atomic E-state index is -4.39. The lowest BCUT2D eigenvalue weighted by Crippen LogP contribution is -2.30. The first-order valence-corrected chi connectivity index (χ1v) is 6.34. The van der Waals surface area contributed by atoms with Crippen LogP contribution >= 0.6 is 0 Å². The molecule has 0 radical (unpaired) electrons. The standard InChI is InChI=1S/C13H17F3N2O3/c14-13(15,16)10-2-4-11(5-3-10)18-12(20)17-6-1-8-21-9-7-19/h2-5,19H,1,6-9H2,(H2,17,18,20). The van der Waals surface area contributed by atoms with Crippen LogP contribution < -0.4 is 10.6 Å². The number of hydrogen-bond donors (Lipinski definition) is 3. The largest absolute Gasteiger partial charge is 0.416 e. The Labute approximate surface area is 120 Å². The summed E-state index contributed by atoms with van der Waals surface area (Å²) in [6.45, 7) is 0.957. The molecule has 0 aliphatic rings. The number of rotatable bonds is 7. The van der Waals surface area contributed by atoms with Gasteiger partial charge in [0, 0.05) is 18.8 Å². The van der Waals surface area contributed by atoms with Crippen molar-refractivity contribution in [2.24, 2.45) is 0 Å². The molecule has 21 heavy (non-hydrogen) atoms. The number of halogens is 3. The summed E-state index contributed by atoms with van der Waals surface area (Å²) in [5, 5.41) is 13.4. The minimum Gasteiger partial charge on any atom is -0.394 e. The number of alkyl halides is 3. The Balaban J connectivity index is 2.28. The molecule has 0 aliphatic heterocycles. The molecule has 0 heterocycles. The maximum Gasteiger partial charge on any atom is 0.416 e. The van der Waals surface area contributed by atoms with Gasteiger partial charge < -0.3 is 20.5 Å². The second-order valence-corrected chi connectivity index (χ2v) is 4.15. The molecule has 2 amide bonds. The molecule has 0 atom stereocenters. The molecule has 0 saturated heterocycles. The molecule has 0 saturated carbocycles. The van der Waals surface area contributed by atoms with Gasteiger partial charge in [-0.2, -0.15) is 13.2 Å². The van der Waals surface area contributed by atoms with E-state index in [9.17, 15) is 18.0 Å². The number of anilines is 1. The molecule has 0 aromatic heterocycles. The molecule has 1 aromatic rings. The van der Waals surface area contributed by atoms with Crippen LogP contribution in [0.4, 0.5) is 23.7 Å². The van der Waals surface area contributed by atoms with Crippen LogP contribution in [0.5, 0.6) is 0 Å². The second kappa shape index (κ2) is 8.48. The Morgan fingerprint density at radius 2 is 1.86 bits per heavy atom. The molecular formula is C13H17F3N2O3. The molecule has 0 fully saturated rings. The summed E-state index contributed by atoms with van der Waals surface area (Å²) < 4.78 is 42.0. The quantitative estimate of drug-likeness (QED) is 0.677. The maximum absolute atomic E-state index is 12.3. The highest BCUT2D eigenvalue weighted by Crippen LogP contribution is 2.29. The van der Waals surface area contributed by atoms with Gasteiger partial charge >= 0.3 is 12.2 Å². The van der Waals surface area contributed by atoms with Gasteiger partial charge in [0.25, 0.3) is 0 Å². The van der Waals surface area contributed by atoms with Gasteiger partial charge in [-0.15, -0.1) is 0 Å². The summed E-state index contributed by atoms with van der Waals surface area (Å²) in [7, 11) is 0. The van der Waals surface area contributed by atoms with Crippen LogP contribution in [-0.4, -0.2) is 37.5 Å². The molecule has 5 nitrogen and oxygen atoms in total. The summed E-state index contributed by atoms with van der Waals surface area (Å²) in [4.78, 5) is 11.5. The molecule has 0 bridgehead atoms. The Morgan fingerprint density at radius 1 is 1.19 bits per heavy atom. The average molecular weight is 306 g/mol. The molecular weight excluding hydrogens is 289 g/mol. The van der Waals surface area contributed by atoms with Gasteiger partial charge in [0.2, 0.25) is 0 Å². The Kier molecular flexibility index (Phi) is 6.97. The number of ether oxygens (including phenoxy) is 1. The predicted octanol–water partition coefficient (Wildman–Crippen LogP) is 2.23. The first-order chi connectivity index (χ1) is 9.93. The van der Waals surface area contributed by atoms with Gasteiger partial charge in [-0.3, -0.25) is 0 Å². The van der Waals surface area contributed by atoms with Crippen molar-refractivity contribution in [3.63, 3.8) is 0 Å². The third-order valence-corrected chi connectivity index (χ3v) is 2.46. The van der Waals surface area contributed by atoms with E-state index in [2.05, 4.69) is 10.6 Å². The van der Waals surface area contributed by atoms with Crippen LogP contribution in [0.15, 0.2) is 24.3 Å². The molecule has 8 heteroatoms. The first kappa shape index (κ1) is 17.3. The van der Waals surface area contributed by atoms with Crippen LogP contribution in [0.1, 0.15) is 12.0 Å². The number of aliphatic hydroxyl groups excluding tert-OH is 1. The van der Waals surface area contributed by atoms with Crippen molar-refractivity contribution in [1.82, 2.24) is 5.32 Å². The zero-order valence-corrected chi connectivity index (χ0v) is 11.2. The maximum atomic E-state index is 12.3. The number of amides is 2. The van der Waals surface area contributed by atoms with Crippen molar-refractivity contribution in [3.05, 3.63) is 29.8 Å². The number of benzene rings is 1. The average Bonchev–Trinajstić information content (AvgIpc) is 2.42. The molecule has 0 aliphatic carbocycles. The van der Waals surface area contributed by atoms with E-state index in [0.29, 0.717) is 19.6 Å². The molecule has 118 valence electrons. The van der Waals surface area contributed by atoms with Gasteiger partial charge in [-0.1, -0.05) is 0 Å². The van der Waals surface area contributed by atoms with E-state index < -0.39 is 17.8 Å². The zero-order valence-electron chi connectivity index (χ0n) is 11.2. The summed E-state index contributed by atoms with van der Waals surface area (Å²) in [6, 6.07) is 3.67. The molecule has 0 spiro atoms. The lowest BCUT2D eigenvalue weighted by atomic mass is 10.2. The summed E-state index contributed by atoms with van der Waals surface area (Å²) in [6.07, 6.45) is -3.82. The summed E-state index contributed by atoms with van der Waals surface area (Å²) in [5.74, 6) is 0. The minimum absolute atomic E-state index is 0.0537. The Morgan fingerprint density at radius 3 is 2.43 bits per heavy atom. The third kappa shape index (κ3) is 6.96. The van der Waals surface area contributed by atoms with Gasteiger partial charge in [0.15, 0.2) is 0 Å². The van der Waals surface area contributed by atoms with Crippen LogP contribution in [0, 0.1) is 0 Å². The van der Waals surface area contributed by atoms with Crippen molar-refractivity contribution in [2.45, 2.75) is 12.6 Å². The van der Waals surface area contributed by atoms with Crippen LogP contribution in [0.3, 0.4) is 0 Å². The lowest BCUT2D eigenvalue weighted by molar-refractivity contribution is -0.137. The second-order valence-electron chi connectivity index (χ2n) is 4.15. The van der Waals surface area contributed by atoms with E-state index >= 15 is 0 Å². The van der Waals surface area contributed by atoms with Gasteiger partial charge in [0.1, 0.15) is 0 Å². The molecule has 1 aromatic carbocycles. The fourth-order valence-corrected chi connectivity index (χ4v) is 1.46. The van der Waals surface area contributed by atoms with Crippen molar-refractivity contribution in [2.75, 3.05) is 31.7 Å². The smallest absolute Gasteiger partial charge is 0.394 e. The fourth-order valence-electron chi connectivity index (χ4n) is 1.46. The number of nitrogens with one attached hydrogen (secondary N) is 2. The van der Waals surface area contributed by atoms with Gasteiger partial charge in [-0.05, 0) is 30.7 Å². The lowest BCUT2D eigenvalue weighted by Gasteiger charge is -2.10. The molecule has 1 rings (SSSR count). The normalized spacial score (nSPS) is 11.2. The number of aliphatic hydroxyl groups is 1. The van der Waals surface area contributed by atoms with E-state index in [4.69, 9.17) is 9.84 Å². The van der Waals surface area contributed by atoms with E-state index in [0.717, 1.165) is 12.1 Å². The van der Waals surface area contributed by atoms with Gasteiger partial charge in [-0.25, -0.2) is 4.79 Å². The van der Waals surface area contributed by atoms with Crippen LogP contribution in [0.25, 0.3) is 0 Å². The summed E-state index contributed by atoms with van der Waals surface area (Å²) in [5.41, 5.74) is -0.494. The van der Waals surface area contributed by atoms with Crippen molar-refractivity contribution in [1.29, 1.82) is 0 Å². The van der Waals surface area contributed by atoms with Crippen LogP contribution in [-0.2, 0) is 10.9 Å². The number of urea groups is 1. The number of carbonyl (C=O) groups excluding carboxylic acids is 1. The highest BCUT2D eigenvalue weighted by molar-refractivity contribution is 5.89. The number of hydrogen-bond acceptors (Lipinski definition) is 3. The monoisotopic (exact) mass is 306 g/mol. The van der Waals surface area contributed by atoms with Crippen LogP contribution in [0.2, 0.25) is 0 Å². The Bertz CT molecular complexity index is 435. The SMILES string of the molecule is O=C(NCCCOCCO)Nc1ccc(C(F)(F)F)cc1. The highest BCUT2D eigenvalue weighted by atomic mass is 19.4. The van der Waals surface area contributed by atoms with Gasteiger partial charge in [0.05, 0.1) is 18.8 Å². The topological polar surface area (TPSA) is 70.6 Å². The first-order valence-electron chi connectivity index (χ1n) is 6.34. The summed E-state index contributed by atoms with van der Waals surface area (Å²) >= 11 is 0. The number of carbonyl (C=O) groups is 1. The van der Waals surface area contributed by atoms with E-state index in [-0.39, 0.29) is 18.9 Å². The highest BCUT2D eigenvalue weighted by Gasteiger charge is 2.29. The fraction of sp³-hybridized carbons (Fsp3) is 0.462. The van der Waals surface area contributed by atoms with Crippen molar-refractivity contribution >= 4 is 11.7 Å². The zero-order chi connectivity index (χ0) is 15.7. The molecule has 3 N–H and O–H groups in total. The molecule has 0 unspecified atom stereocenters.